The molecule has 2 aromatic carbocycles. The summed E-state index contributed by atoms with van der Waals surface area (Å²) < 4.78 is 3.09. The maximum absolute atomic E-state index is 6.17. The highest BCUT2D eigenvalue weighted by Gasteiger charge is 2.07. The number of nitrogens with zero attached hydrogens (tertiary/aromatic N) is 2. The summed E-state index contributed by atoms with van der Waals surface area (Å²) in [6.45, 7) is 0.626. The number of benzene rings is 2. The van der Waals surface area contributed by atoms with Crippen LogP contribution in [0.1, 0.15) is 5.82 Å². The van der Waals surface area contributed by atoms with Crippen LogP contribution in [-0.2, 0) is 13.6 Å². The lowest BCUT2D eigenvalue weighted by Crippen LogP contribution is -2.06. The van der Waals surface area contributed by atoms with Gasteiger partial charge in [0.1, 0.15) is 5.82 Å². The summed E-state index contributed by atoms with van der Waals surface area (Å²) in [5.74, 6) is 0.974. The average molecular weight is 351 g/mol. The molecule has 0 atom stereocenters. The molecule has 0 amide bonds. The molecule has 0 aliphatic rings. The standard InChI is InChI=1S/C15H13BrClN3/c1-20-14-5-3-2-4-12(14)19-15(20)9-18-13-8-10(16)6-7-11(13)17/h2-8,18H,9H2,1H3. The number of imidazole rings is 1. The van der Waals surface area contributed by atoms with Gasteiger partial charge in [-0.05, 0) is 30.3 Å². The van der Waals surface area contributed by atoms with Gasteiger partial charge in [0, 0.05) is 11.5 Å². The number of aromatic nitrogens is 2. The topological polar surface area (TPSA) is 29.9 Å². The highest BCUT2D eigenvalue weighted by Crippen LogP contribution is 2.26. The van der Waals surface area contributed by atoms with Gasteiger partial charge in [0.2, 0.25) is 0 Å². The zero-order valence-electron chi connectivity index (χ0n) is 10.9. The number of para-hydroxylation sites is 2. The third-order valence-electron chi connectivity index (χ3n) is 3.25. The van der Waals surface area contributed by atoms with Crippen LogP contribution in [0.5, 0.6) is 0 Å². The second-order valence-corrected chi connectivity index (χ2v) is 5.88. The Bertz CT molecular complexity index is 767. The fourth-order valence-electron chi connectivity index (χ4n) is 2.16. The molecule has 0 fully saturated rings. The van der Waals surface area contributed by atoms with Crippen molar-refractivity contribution in [3.8, 4) is 0 Å². The van der Waals surface area contributed by atoms with E-state index in [2.05, 4.69) is 36.9 Å². The molecule has 1 heterocycles. The molecule has 1 aromatic heterocycles. The van der Waals surface area contributed by atoms with Crippen LogP contribution in [0.25, 0.3) is 11.0 Å². The second kappa shape index (κ2) is 5.46. The molecule has 20 heavy (non-hydrogen) atoms. The number of hydrogen-bond donors (Lipinski definition) is 1. The minimum absolute atomic E-state index is 0.626. The zero-order valence-corrected chi connectivity index (χ0v) is 13.2. The number of aryl methyl sites for hydroxylation is 1. The third-order valence-corrected chi connectivity index (χ3v) is 4.07. The van der Waals surface area contributed by atoms with Crippen molar-refractivity contribution in [2.24, 2.45) is 7.05 Å². The van der Waals surface area contributed by atoms with Crippen molar-refractivity contribution in [2.75, 3.05) is 5.32 Å². The van der Waals surface area contributed by atoms with E-state index in [1.165, 1.54) is 0 Å². The van der Waals surface area contributed by atoms with Crippen LogP contribution in [0.3, 0.4) is 0 Å². The monoisotopic (exact) mass is 349 g/mol. The molecule has 0 unspecified atom stereocenters. The van der Waals surface area contributed by atoms with Crippen molar-refractivity contribution in [3.63, 3.8) is 0 Å². The van der Waals surface area contributed by atoms with Crippen LogP contribution < -0.4 is 5.32 Å². The van der Waals surface area contributed by atoms with Crippen molar-refractivity contribution >= 4 is 44.3 Å². The van der Waals surface area contributed by atoms with E-state index < -0.39 is 0 Å². The lowest BCUT2D eigenvalue weighted by molar-refractivity contribution is 0.834. The van der Waals surface area contributed by atoms with E-state index in [1.807, 2.05) is 43.4 Å². The van der Waals surface area contributed by atoms with Gasteiger partial charge in [-0.3, -0.25) is 0 Å². The number of hydrogen-bond acceptors (Lipinski definition) is 2. The Morgan fingerprint density at radius 2 is 2.05 bits per heavy atom. The quantitative estimate of drug-likeness (QED) is 0.748. The number of nitrogens with one attached hydrogen (secondary N) is 1. The van der Waals surface area contributed by atoms with Crippen molar-refractivity contribution in [2.45, 2.75) is 6.54 Å². The van der Waals surface area contributed by atoms with E-state index >= 15 is 0 Å². The maximum Gasteiger partial charge on any atom is 0.128 e. The molecule has 3 rings (SSSR count). The fourth-order valence-corrected chi connectivity index (χ4v) is 2.71. The summed E-state index contributed by atoms with van der Waals surface area (Å²) in [6, 6.07) is 13.9. The summed E-state index contributed by atoms with van der Waals surface area (Å²) in [4.78, 5) is 4.63. The van der Waals surface area contributed by atoms with Crippen molar-refractivity contribution in [3.05, 3.63) is 57.8 Å². The fraction of sp³-hybridized carbons (Fsp3) is 0.133. The Labute approximate surface area is 130 Å². The van der Waals surface area contributed by atoms with E-state index in [-0.39, 0.29) is 0 Å². The second-order valence-electron chi connectivity index (χ2n) is 4.55. The smallest absolute Gasteiger partial charge is 0.128 e. The molecule has 5 heteroatoms. The van der Waals surface area contributed by atoms with Crippen molar-refractivity contribution < 1.29 is 0 Å². The SMILES string of the molecule is Cn1c(CNc2cc(Br)ccc2Cl)nc2ccccc21. The van der Waals surface area contributed by atoms with Gasteiger partial charge in [0.25, 0.3) is 0 Å². The van der Waals surface area contributed by atoms with Gasteiger partial charge in [-0.1, -0.05) is 39.7 Å². The van der Waals surface area contributed by atoms with Crippen LogP contribution in [0.15, 0.2) is 46.9 Å². The first-order valence-electron chi connectivity index (χ1n) is 6.24. The largest absolute Gasteiger partial charge is 0.377 e. The van der Waals surface area contributed by atoms with Gasteiger partial charge >= 0.3 is 0 Å². The zero-order chi connectivity index (χ0) is 14.1. The summed E-state index contributed by atoms with van der Waals surface area (Å²) in [7, 11) is 2.02. The maximum atomic E-state index is 6.17. The van der Waals surface area contributed by atoms with Crippen LogP contribution in [-0.4, -0.2) is 9.55 Å². The molecule has 1 N–H and O–H groups in total. The Morgan fingerprint density at radius 3 is 2.85 bits per heavy atom. The molecule has 0 radical (unpaired) electrons. The van der Waals surface area contributed by atoms with E-state index in [9.17, 15) is 0 Å². The molecule has 0 aliphatic carbocycles. The van der Waals surface area contributed by atoms with E-state index in [4.69, 9.17) is 11.6 Å². The summed E-state index contributed by atoms with van der Waals surface area (Å²) >= 11 is 9.62. The van der Waals surface area contributed by atoms with Gasteiger partial charge in [-0.2, -0.15) is 0 Å². The Hall–Kier alpha value is -1.52. The molecular formula is C15H13BrClN3. The van der Waals surface area contributed by atoms with Crippen LogP contribution in [0.2, 0.25) is 5.02 Å². The van der Waals surface area contributed by atoms with Gasteiger partial charge in [-0.25, -0.2) is 4.98 Å². The highest BCUT2D eigenvalue weighted by molar-refractivity contribution is 9.10. The van der Waals surface area contributed by atoms with Crippen LogP contribution >= 0.6 is 27.5 Å². The van der Waals surface area contributed by atoms with E-state index in [0.717, 1.165) is 27.0 Å². The number of rotatable bonds is 3. The molecule has 0 saturated carbocycles. The molecule has 0 aliphatic heterocycles. The lowest BCUT2D eigenvalue weighted by atomic mass is 10.3. The number of anilines is 1. The Morgan fingerprint density at radius 1 is 1.25 bits per heavy atom. The molecule has 102 valence electrons. The van der Waals surface area contributed by atoms with Gasteiger partial charge in [-0.15, -0.1) is 0 Å². The third kappa shape index (κ3) is 2.53. The molecule has 3 nitrogen and oxygen atoms in total. The normalized spacial score (nSPS) is 10.9. The van der Waals surface area contributed by atoms with Crippen molar-refractivity contribution in [1.82, 2.24) is 9.55 Å². The first-order valence-corrected chi connectivity index (χ1v) is 7.41. The molecule has 0 saturated heterocycles. The molecule has 0 bridgehead atoms. The van der Waals surface area contributed by atoms with E-state index in [0.29, 0.717) is 11.6 Å². The Kier molecular flexibility index (Phi) is 3.68. The Balaban J connectivity index is 1.87. The minimum atomic E-state index is 0.626. The lowest BCUT2D eigenvalue weighted by Gasteiger charge is -2.09. The number of fused-ring (bicyclic) bond motifs is 1. The van der Waals surface area contributed by atoms with Gasteiger partial charge in [0.05, 0.1) is 28.3 Å². The average Bonchev–Trinajstić information content (AvgIpc) is 2.77. The van der Waals surface area contributed by atoms with E-state index in [1.54, 1.807) is 0 Å². The van der Waals surface area contributed by atoms with Gasteiger partial charge in [0.15, 0.2) is 0 Å². The molecular weight excluding hydrogens is 338 g/mol. The molecule has 3 aromatic rings. The summed E-state index contributed by atoms with van der Waals surface area (Å²) in [5, 5.41) is 4.03. The number of halogens is 2. The minimum Gasteiger partial charge on any atom is -0.377 e. The first-order chi connectivity index (χ1) is 9.65. The highest BCUT2D eigenvalue weighted by atomic mass is 79.9. The molecule has 0 spiro atoms. The van der Waals surface area contributed by atoms with Crippen molar-refractivity contribution in [1.29, 1.82) is 0 Å². The van der Waals surface area contributed by atoms with Gasteiger partial charge < -0.3 is 9.88 Å². The van der Waals surface area contributed by atoms with Crippen LogP contribution in [0, 0.1) is 0 Å². The predicted molar refractivity (Wildman–Crippen MR) is 87.2 cm³/mol. The summed E-state index contributed by atoms with van der Waals surface area (Å²) in [6.07, 6.45) is 0. The first kappa shape index (κ1) is 13.5. The summed E-state index contributed by atoms with van der Waals surface area (Å²) in [5.41, 5.74) is 3.03. The predicted octanol–water partition coefficient (Wildman–Crippen LogP) is 4.60. The van der Waals surface area contributed by atoms with Crippen LogP contribution in [0.4, 0.5) is 5.69 Å².